The summed E-state index contributed by atoms with van der Waals surface area (Å²) in [5, 5.41) is 19.5. The molecule has 3 unspecified atom stereocenters. The minimum atomic E-state index is -0.946. The smallest absolute Gasteiger partial charge is 0.0874 e. The van der Waals surface area contributed by atoms with E-state index < -0.39 is 11.7 Å². The molecular weight excluding hydrogens is 180 g/mol. The van der Waals surface area contributed by atoms with Crippen LogP contribution in [0.1, 0.15) is 46.0 Å². The molecule has 0 radical (unpaired) electrons. The Morgan fingerprint density at radius 1 is 1.57 bits per heavy atom. The summed E-state index contributed by atoms with van der Waals surface area (Å²) in [6.07, 6.45) is 3.98. The van der Waals surface area contributed by atoms with E-state index in [0.717, 1.165) is 25.9 Å². The molecule has 0 aromatic heterocycles. The maximum absolute atomic E-state index is 9.77. The van der Waals surface area contributed by atoms with Gasteiger partial charge in [0.25, 0.3) is 0 Å². The minimum absolute atomic E-state index is 0.303. The molecule has 0 aliphatic carbocycles. The van der Waals surface area contributed by atoms with Gasteiger partial charge in [-0.1, -0.05) is 6.92 Å². The topological polar surface area (TPSA) is 49.7 Å². The molecule has 0 amide bonds. The van der Waals surface area contributed by atoms with Gasteiger partial charge in [0, 0.05) is 6.61 Å². The first kappa shape index (κ1) is 12.0. The van der Waals surface area contributed by atoms with Crippen LogP contribution in [0.15, 0.2) is 0 Å². The Balaban J connectivity index is 2.22. The largest absolute Gasteiger partial charge is 0.390 e. The summed E-state index contributed by atoms with van der Waals surface area (Å²) >= 11 is 0. The second-order valence-corrected chi connectivity index (χ2v) is 4.44. The lowest BCUT2D eigenvalue weighted by molar-refractivity contribution is -0.0717. The van der Waals surface area contributed by atoms with E-state index in [4.69, 9.17) is 4.74 Å². The number of rotatable bonds is 5. The predicted octanol–water partition coefficient (Wildman–Crippen LogP) is 1.47. The van der Waals surface area contributed by atoms with Crippen LogP contribution in [0, 0.1) is 0 Å². The van der Waals surface area contributed by atoms with Crippen molar-refractivity contribution in [1.29, 1.82) is 0 Å². The Kier molecular flexibility index (Phi) is 4.35. The molecule has 0 aromatic carbocycles. The molecule has 0 bridgehead atoms. The Bertz CT molecular complexity index is 162. The normalized spacial score (nSPS) is 28.7. The van der Waals surface area contributed by atoms with Crippen molar-refractivity contribution in [2.24, 2.45) is 0 Å². The van der Waals surface area contributed by atoms with Crippen LogP contribution in [0.2, 0.25) is 0 Å². The van der Waals surface area contributed by atoms with Crippen LogP contribution < -0.4 is 0 Å². The van der Waals surface area contributed by atoms with Crippen LogP contribution in [0.5, 0.6) is 0 Å². The maximum atomic E-state index is 9.77. The van der Waals surface area contributed by atoms with Gasteiger partial charge in [-0.2, -0.15) is 0 Å². The van der Waals surface area contributed by atoms with E-state index in [1.54, 1.807) is 6.92 Å². The summed E-state index contributed by atoms with van der Waals surface area (Å²) in [7, 11) is 0. The molecule has 0 spiro atoms. The molecule has 1 rings (SSSR count). The molecule has 3 nitrogen and oxygen atoms in total. The third-order valence-electron chi connectivity index (χ3n) is 3.22. The first-order valence-corrected chi connectivity index (χ1v) is 5.58. The molecule has 1 fully saturated rings. The third-order valence-corrected chi connectivity index (χ3v) is 3.22. The summed E-state index contributed by atoms with van der Waals surface area (Å²) in [6.45, 7) is 4.42. The lowest BCUT2D eigenvalue weighted by Gasteiger charge is -2.28. The van der Waals surface area contributed by atoms with Gasteiger partial charge < -0.3 is 14.9 Å². The van der Waals surface area contributed by atoms with Crippen LogP contribution in [0.25, 0.3) is 0 Å². The van der Waals surface area contributed by atoms with Crippen molar-refractivity contribution in [3.05, 3.63) is 0 Å². The fourth-order valence-corrected chi connectivity index (χ4v) is 1.76. The van der Waals surface area contributed by atoms with Crippen molar-refractivity contribution < 1.29 is 14.9 Å². The first-order valence-electron chi connectivity index (χ1n) is 5.58. The van der Waals surface area contributed by atoms with E-state index in [1.165, 1.54) is 0 Å². The summed E-state index contributed by atoms with van der Waals surface area (Å²) in [5.41, 5.74) is -0.946. The number of aliphatic hydroxyl groups excluding tert-OH is 1. The van der Waals surface area contributed by atoms with Crippen LogP contribution in [-0.4, -0.2) is 34.6 Å². The molecule has 1 aliphatic heterocycles. The highest BCUT2D eigenvalue weighted by Crippen LogP contribution is 2.22. The van der Waals surface area contributed by atoms with E-state index in [1.807, 2.05) is 6.92 Å². The summed E-state index contributed by atoms with van der Waals surface area (Å²) in [6, 6.07) is 0. The molecule has 84 valence electrons. The fourth-order valence-electron chi connectivity index (χ4n) is 1.76. The van der Waals surface area contributed by atoms with Gasteiger partial charge in [-0.3, -0.25) is 0 Å². The summed E-state index contributed by atoms with van der Waals surface area (Å²) in [4.78, 5) is 0. The Morgan fingerprint density at radius 2 is 2.29 bits per heavy atom. The molecule has 0 aromatic rings. The predicted molar refractivity (Wildman–Crippen MR) is 55.1 cm³/mol. The van der Waals surface area contributed by atoms with Crippen molar-refractivity contribution in [2.75, 3.05) is 6.61 Å². The number of hydrogen-bond acceptors (Lipinski definition) is 3. The standard InChI is InChI=1S/C11H22O3/c1-3-11(2,13)10(12)7-6-9-5-4-8-14-9/h9-10,12-13H,3-8H2,1-2H3. The zero-order chi connectivity index (χ0) is 10.6. The average molecular weight is 202 g/mol. The monoisotopic (exact) mass is 202 g/mol. The third kappa shape index (κ3) is 3.23. The van der Waals surface area contributed by atoms with E-state index in [0.29, 0.717) is 18.9 Å². The van der Waals surface area contributed by atoms with Gasteiger partial charge >= 0.3 is 0 Å². The van der Waals surface area contributed by atoms with E-state index >= 15 is 0 Å². The zero-order valence-corrected chi connectivity index (χ0v) is 9.20. The molecule has 1 heterocycles. The Labute approximate surface area is 86.1 Å². The van der Waals surface area contributed by atoms with Crippen molar-refractivity contribution in [2.45, 2.75) is 63.8 Å². The number of ether oxygens (including phenoxy) is 1. The number of aliphatic hydroxyl groups is 2. The lowest BCUT2D eigenvalue weighted by atomic mass is 9.91. The molecule has 1 saturated heterocycles. The first-order chi connectivity index (χ1) is 6.56. The molecule has 0 saturated carbocycles. The second-order valence-electron chi connectivity index (χ2n) is 4.44. The average Bonchev–Trinajstić information content (AvgIpc) is 2.66. The quantitative estimate of drug-likeness (QED) is 0.709. The molecule has 3 atom stereocenters. The van der Waals surface area contributed by atoms with Gasteiger partial charge in [0.05, 0.1) is 17.8 Å². The van der Waals surface area contributed by atoms with Crippen LogP contribution in [-0.2, 0) is 4.74 Å². The zero-order valence-electron chi connectivity index (χ0n) is 9.20. The van der Waals surface area contributed by atoms with E-state index in [9.17, 15) is 10.2 Å². The lowest BCUT2D eigenvalue weighted by Crippen LogP contribution is -2.38. The fraction of sp³-hybridized carbons (Fsp3) is 1.00. The van der Waals surface area contributed by atoms with Crippen molar-refractivity contribution in [1.82, 2.24) is 0 Å². The van der Waals surface area contributed by atoms with Crippen LogP contribution in [0.4, 0.5) is 0 Å². The van der Waals surface area contributed by atoms with Crippen molar-refractivity contribution in [3.63, 3.8) is 0 Å². The van der Waals surface area contributed by atoms with E-state index in [2.05, 4.69) is 0 Å². The summed E-state index contributed by atoms with van der Waals surface area (Å²) < 4.78 is 5.46. The van der Waals surface area contributed by atoms with Crippen molar-refractivity contribution in [3.8, 4) is 0 Å². The summed E-state index contributed by atoms with van der Waals surface area (Å²) in [5.74, 6) is 0. The molecule has 2 N–H and O–H groups in total. The highest BCUT2D eigenvalue weighted by atomic mass is 16.5. The second kappa shape index (κ2) is 5.10. The van der Waals surface area contributed by atoms with Gasteiger partial charge in [0.2, 0.25) is 0 Å². The molecule has 1 aliphatic rings. The minimum Gasteiger partial charge on any atom is -0.390 e. The molecule has 3 heteroatoms. The highest BCUT2D eigenvalue weighted by Gasteiger charge is 2.29. The van der Waals surface area contributed by atoms with Crippen LogP contribution in [0.3, 0.4) is 0 Å². The van der Waals surface area contributed by atoms with Gasteiger partial charge in [-0.05, 0) is 39.0 Å². The Morgan fingerprint density at radius 3 is 2.79 bits per heavy atom. The van der Waals surface area contributed by atoms with Gasteiger partial charge in [-0.25, -0.2) is 0 Å². The molecule has 14 heavy (non-hydrogen) atoms. The SMILES string of the molecule is CCC(C)(O)C(O)CCC1CCCO1. The van der Waals surface area contributed by atoms with Gasteiger partial charge in [0.1, 0.15) is 0 Å². The highest BCUT2D eigenvalue weighted by molar-refractivity contribution is 4.81. The number of hydrogen-bond donors (Lipinski definition) is 2. The van der Waals surface area contributed by atoms with Gasteiger partial charge in [-0.15, -0.1) is 0 Å². The van der Waals surface area contributed by atoms with Crippen molar-refractivity contribution >= 4 is 0 Å². The molecular formula is C11H22O3. The Hall–Kier alpha value is -0.120. The van der Waals surface area contributed by atoms with E-state index in [-0.39, 0.29) is 0 Å². The van der Waals surface area contributed by atoms with Crippen LogP contribution >= 0.6 is 0 Å². The maximum Gasteiger partial charge on any atom is 0.0874 e. The van der Waals surface area contributed by atoms with Gasteiger partial charge in [0.15, 0.2) is 0 Å².